The fourth-order valence-corrected chi connectivity index (χ4v) is 2.85. The summed E-state index contributed by atoms with van der Waals surface area (Å²) in [6.45, 7) is 6.24. The second-order valence-corrected chi connectivity index (χ2v) is 8.62. The van der Waals surface area contributed by atoms with E-state index in [1.807, 2.05) is 60.7 Å². The van der Waals surface area contributed by atoms with Crippen LogP contribution in [0.25, 0.3) is 0 Å². The molecule has 0 saturated carbocycles. The highest BCUT2D eigenvalue weighted by atomic mass is 32.1. The van der Waals surface area contributed by atoms with Gasteiger partial charge in [-0.25, -0.2) is 4.79 Å². The molecule has 0 unspecified atom stereocenters. The van der Waals surface area contributed by atoms with Crippen molar-refractivity contribution >= 4 is 29.2 Å². The fourth-order valence-electron chi connectivity index (χ4n) is 2.65. The minimum atomic E-state index is -0.648. The lowest BCUT2D eigenvalue weighted by molar-refractivity contribution is -0.120. The van der Waals surface area contributed by atoms with Gasteiger partial charge in [-0.15, -0.1) is 0 Å². The van der Waals surface area contributed by atoms with Gasteiger partial charge in [0.05, 0.1) is 19.8 Å². The molecule has 0 spiro atoms. The zero-order valence-corrected chi connectivity index (χ0v) is 19.5. The summed E-state index contributed by atoms with van der Waals surface area (Å²) in [5, 5.41) is 8.45. The third-order valence-corrected chi connectivity index (χ3v) is 4.59. The molecule has 0 aliphatic rings. The lowest BCUT2D eigenvalue weighted by Gasteiger charge is -2.24. The summed E-state index contributed by atoms with van der Waals surface area (Å²) in [7, 11) is 0. The SMILES string of the molecule is CC(C)(C)OC(=O)N[C@@H](COCc1ccccc1)C(=S)NCC(=O)NCc1ccccc1. The van der Waals surface area contributed by atoms with Crippen LogP contribution >= 0.6 is 12.2 Å². The number of thiocarbonyl (C=S) groups is 1. The summed E-state index contributed by atoms with van der Waals surface area (Å²) in [5.41, 5.74) is 1.36. The van der Waals surface area contributed by atoms with Crippen molar-refractivity contribution in [3.8, 4) is 0 Å². The topological polar surface area (TPSA) is 88.7 Å². The summed E-state index contributed by atoms with van der Waals surface area (Å²) in [6, 6.07) is 18.6. The van der Waals surface area contributed by atoms with Crippen LogP contribution in [0.4, 0.5) is 4.79 Å². The van der Waals surface area contributed by atoms with E-state index in [-0.39, 0.29) is 19.1 Å². The molecule has 0 fully saturated rings. The Bertz CT molecular complexity index is 870. The second-order valence-electron chi connectivity index (χ2n) is 8.18. The molecule has 2 rings (SSSR count). The van der Waals surface area contributed by atoms with Gasteiger partial charge in [0.15, 0.2) is 0 Å². The molecule has 2 aromatic carbocycles. The molecule has 0 aromatic heterocycles. The first-order valence-corrected chi connectivity index (χ1v) is 10.8. The van der Waals surface area contributed by atoms with Gasteiger partial charge in [0.1, 0.15) is 16.6 Å². The highest BCUT2D eigenvalue weighted by Gasteiger charge is 2.22. The number of alkyl carbamates (subject to hydrolysis) is 1. The van der Waals surface area contributed by atoms with Crippen molar-refractivity contribution in [1.82, 2.24) is 16.0 Å². The van der Waals surface area contributed by atoms with Gasteiger partial charge in [-0.2, -0.15) is 0 Å². The first-order valence-electron chi connectivity index (χ1n) is 10.4. The maximum absolute atomic E-state index is 12.2. The van der Waals surface area contributed by atoms with Crippen LogP contribution in [0.3, 0.4) is 0 Å². The zero-order chi connectivity index (χ0) is 23.4. The van der Waals surface area contributed by atoms with Gasteiger partial charge < -0.3 is 25.4 Å². The monoisotopic (exact) mass is 457 g/mol. The molecule has 3 N–H and O–H groups in total. The van der Waals surface area contributed by atoms with E-state index in [9.17, 15) is 9.59 Å². The number of carbonyl (C=O) groups excluding carboxylic acids is 2. The summed E-state index contributed by atoms with van der Waals surface area (Å²) >= 11 is 5.42. The minimum Gasteiger partial charge on any atom is -0.444 e. The molecular formula is C24H31N3O4S. The van der Waals surface area contributed by atoms with Crippen molar-refractivity contribution in [2.45, 2.75) is 45.6 Å². The number of carbonyl (C=O) groups is 2. The first-order chi connectivity index (χ1) is 15.2. The van der Waals surface area contributed by atoms with E-state index in [1.165, 1.54) is 0 Å². The Morgan fingerprint density at radius 1 is 0.938 bits per heavy atom. The van der Waals surface area contributed by atoms with Crippen LogP contribution in [0, 0.1) is 0 Å². The van der Waals surface area contributed by atoms with Crippen LogP contribution in [-0.2, 0) is 27.4 Å². The first kappa shape index (κ1) is 25.3. The maximum Gasteiger partial charge on any atom is 0.408 e. The van der Waals surface area contributed by atoms with Crippen LogP contribution in [-0.4, -0.2) is 41.8 Å². The number of nitrogens with one attached hydrogen (secondary N) is 3. The average molecular weight is 458 g/mol. The third-order valence-electron chi connectivity index (χ3n) is 4.16. The Kier molecular flexibility index (Phi) is 10.1. The quantitative estimate of drug-likeness (QED) is 0.475. The number of hydrogen-bond acceptors (Lipinski definition) is 5. The number of benzene rings is 2. The lowest BCUT2D eigenvalue weighted by atomic mass is 10.2. The van der Waals surface area contributed by atoms with E-state index in [2.05, 4.69) is 16.0 Å². The van der Waals surface area contributed by atoms with E-state index in [4.69, 9.17) is 21.7 Å². The van der Waals surface area contributed by atoms with Crippen LogP contribution in [0.5, 0.6) is 0 Å². The predicted octanol–water partition coefficient (Wildman–Crippen LogP) is 3.33. The van der Waals surface area contributed by atoms with E-state index in [0.29, 0.717) is 18.1 Å². The van der Waals surface area contributed by atoms with Crippen LogP contribution in [0.1, 0.15) is 31.9 Å². The molecule has 8 heteroatoms. The van der Waals surface area contributed by atoms with E-state index in [0.717, 1.165) is 11.1 Å². The highest BCUT2D eigenvalue weighted by molar-refractivity contribution is 7.80. The zero-order valence-electron chi connectivity index (χ0n) is 18.7. The van der Waals surface area contributed by atoms with Crippen LogP contribution < -0.4 is 16.0 Å². The number of ether oxygens (including phenoxy) is 2. The summed E-state index contributed by atoms with van der Waals surface area (Å²) in [6.07, 6.45) is -0.608. The molecule has 2 amide bonds. The molecule has 0 aliphatic carbocycles. The molecule has 0 heterocycles. The molecule has 2 aromatic rings. The Hall–Kier alpha value is -2.97. The summed E-state index contributed by atoms with van der Waals surface area (Å²) in [5.74, 6) is -0.211. The van der Waals surface area contributed by atoms with Crippen molar-refractivity contribution in [1.29, 1.82) is 0 Å². The smallest absolute Gasteiger partial charge is 0.408 e. The van der Waals surface area contributed by atoms with Crippen LogP contribution in [0.2, 0.25) is 0 Å². The van der Waals surface area contributed by atoms with Gasteiger partial charge in [0.25, 0.3) is 0 Å². The number of hydrogen-bond donors (Lipinski definition) is 3. The Morgan fingerprint density at radius 2 is 1.53 bits per heavy atom. The minimum absolute atomic E-state index is 0.0170. The number of amides is 2. The largest absolute Gasteiger partial charge is 0.444 e. The second kappa shape index (κ2) is 12.8. The molecule has 172 valence electrons. The van der Waals surface area contributed by atoms with Gasteiger partial charge in [-0.05, 0) is 31.9 Å². The lowest BCUT2D eigenvalue weighted by Crippen LogP contribution is -2.51. The fraction of sp³-hybridized carbons (Fsp3) is 0.375. The molecular weight excluding hydrogens is 426 g/mol. The van der Waals surface area contributed by atoms with Crippen molar-refractivity contribution in [2.75, 3.05) is 13.2 Å². The third kappa shape index (κ3) is 10.4. The van der Waals surface area contributed by atoms with Crippen molar-refractivity contribution in [3.05, 3.63) is 71.8 Å². The Labute approximate surface area is 194 Å². The number of rotatable bonds is 10. The molecule has 0 aliphatic heterocycles. The molecule has 0 bridgehead atoms. The Balaban J connectivity index is 1.86. The van der Waals surface area contributed by atoms with E-state index >= 15 is 0 Å². The summed E-state index contributed by atoms with van der Waals surface area (Å²) < 4.78 is 11.1. The van der Waals surface area contributed by atoms with E-state index in [1.54, 1.807) is 20.8 Å². The predicted molar refractivity (Wildman–Crippen MR) is 128 cm³/mol. The van der Waals surface area contributed by atoms with Crippen LogP contribution in [0.15, 0.2) is 60.7 Å². The molecule has 0 saturated heterocycles. The standard InChI is InChI=1S/C24H31N3O4S/c1-24(2,3)31-23(29)27-20(17-30-16-19-12-8-5-9-13-19)22(32)26-15-21(28)25-14-18-10-6-4-7-11-18/h4-13,20H,14-17H2,1-3H3,(H,25,28)(H,26,32)(H,27,29)/t20-/m0/s1. The van der Waals surface area contributed by atoms with Gasteiger partial charge in [-0.3, -0.25) is 4.79 Å². The van der Waals surface area contributed by atoms with Crippen molar-refractivity contribution in [2.24, 2.45) is 0 Å². The van der Waals surface area contributed by atoms with Gasteiger partial charge in [0, 0.05) is 6.54 Å². The molecule has 1 atom stereocenters. The van der Waals surface area contributed by atoms with Crippen molar-refractivity contribution < 1.29 is 19.1 Å². The molecule has 7 nitrogen and oxygen atoms in total. The van der Waals surface area contributed by atoms with Crippen molar-refractivity contribution in [3.63, 3.8) is 0 Å². The maximum atomic E-state index is 12.2. The molecule has 32 heavy (non-hydrogen) atoms. The van der Waals surface area contributed by atoms with Gasteiger partial charge >= 0.3 is 6.09 Å². The van der Waals surface area contributed by atoms with E-state index < -0.39 is 17.7 Å². The summed E-state index contributed by atoms with van der Waals surface area (Å²) in [4.78, 5) is 24.7. The normalized spacial score (nSPS) is 11.8. The highest BCUT2D eigenvalue weighted by Crippen LogP contribution is 2.07. The average Bonchev–Trinajstić information content (AvgIpc) is 2.75. The molecule has 0 radical (unpaired) electrons. The van der Waals surface area contributed by atoms with Gasteiger partial charge in [-0.1, -0.05) is 72.9 Å². The Morgan fingerprint density at radius 3 is 2.12 bits per heavy atom. The van der Waals surface area contributed by atoms with Gasteiger partial charge in [0.2, 0.25) is 5.91 Å².